The number of hydrogen-bond donors (Lipinski definition) is 1. The van der Waals surface area contributed by atoms with Gasteiger partial charge in [0, 0.05) is 44.2 Å². The molecule has 1 spiro atoms. The Morgan fingerprint density at radius 3 is 2.73 bits per heavy atom. The minimum atomic E-state index is -0.00413. The third kappa shape index (κ3) is 3.87. The molecule has 7 nitrogen and oxygen atoms in total. The minimum Gasteiger partial charge on any atom is -0.461 e. The number of ether oxygens (including phenoxy) is 1. The molecular formula is C33H46N6O. The summed E-state index contributed by atoms with van der Waals surface area (Å²) in [6.45, 7) is 8.40. The molecule has 1 aromatic heterocycles. The van der Waals surface area contributed by atoms with Gasteiger partial charge in [-0.25, -0.2) is 0 Å². The standard InChI is InChI=1S/C33H46N6O/c1-22-15-32(12-6-14-39(32)17-22)21-40-31-35-28-16-33(13-5-8-23-7-3-4-9-27(23)33)37(2)20-26(28)30(36-31)38-18-24-10-11-25(19-38)29(24)34/h3-4,7,9,22,24-25,29H,5-6,8,10-21,34H2,1-2H3/t22-,24-,25+,29-,32+,33+/m1/s1. The molecule has 3 saturated heterocycles. The van der Waals surface area contributed by atoms with Crippen LogP contribution in [0.5, 0.6) is 6.01 Å². The first-order valence-corrected chi connectivity index (χ1v) is 16.0. The first-order chi connectivity index (χ1) is 19.4. The third-order valence-electron chi connectivity index (χ3n) is 11.9. The molecule has 0 unspecified atom stereocenters. The molecule has 2 N–H and O–H groups in total. The molecule has 8 rings (SSSR count). The van der Waals surface area contributed by atoms with Gasteiger partial charge in [-0.1, -0.05) is 31.2 Å². The van der Waals surface area contributed by atoms with Crippen LogP contribution in [0.2, 0.25) is 0 Å². The maximum atomic E-state index is 6.67. The Bertz CT molecular complexity index is 1290. The number of nitrogens with zero attached hydrogens (tertiary/aromatic N) is 5. The van der Waals surface area contributed by atoms with Gasteiger partial charge in [0.25, 0.3) is 0 Å². The first kappa shape index (κ1) is 25.5. The van der Waals surface area contributed by atoms with Crippen molar-refractivity contribution in [3.8, 4) is 6.01 Å². The van der Waals surface area contributed by atoms with Crippen LogP contribution in [0.3, 0.4) is 0 Å². The molecule has 2 aromatic rings. The van der Waals surface area contributed by atoms with Crippen molar-refractivity contribution >= 4 is 5.82 Å². The van der Waals surface area contributed by atoms with Gasteiger partial charge in [0.05, 0.1) is 16.8 Å². The highest BCUT2D eigenvalue weighted by atomic mass is 16.5. The highest BCUT2D eigenvalue weighted by Crippen LogP contribution is 2.48. The van der Waals surface area contributed by atoms with Crippen molar-refractivity contribution in [1.29, 1.82) is 0 Å². The quantitative estimate of drug-likeness (QED) is 0.623. The summed E-state index contributed by atoms with van der Waals surface area (Å²) in [5.41, 5.74) is 12.3. The first-order valence-electron chi connectivity index (χ1n) is 16.0. The van der Waals surface area contributed by atoms with Crippen LogP contribution in [0.4, 0.5) is 5.82 Å². The molecule has 5 heterocycles. The maximum absolute atomic E-state index is 6.67. The Hall–Kier alpha value is -2.22. The Labute approximate surface area is 239 Å². The number of anilines is 1. The molecule has 1 aromatic carbocycles. The molecule has 0 radical (unpaired) electrons. The summed E-state index contributed by atoms with van der Waals surface area (Å²) < 4.78 is 6.67. The van der Waals surface area contributed by atoms with Gasteiger partial charge in [-0.15, -0.1) is 0 Å². The van der Waals surface area contributed by atoms with E-state index < -0.39 is 0 Å². The van der Waals surface area contributed by atoms with Crippen molar-refractivity contribution in [1.82, 2.24) is 19.8 Å². The van der Waals surface area contributed by atoms with Crippen LogP contribution in [0, 0.1) is 17.8 Å². The average Bonchev–Trinajstić information content (AvgIpc) is 3.53. The van der Waals surface area contributed by atoms with Crippen molar-refractivity contribution in [3.05, 3.63) is 46.6 Å². The van der Waals surface area contributed by atoms with Crippen LogP contribution in [0.25, 0.3) is 0 Å². The second kappa shape index (κ2) is 9.40. The summed E-state index contributed by atoms with van der Waals surface area (Å²) >= 11 is 0. The van der Waals surface area contributed by atoms with Gasteiger partial charge in [-0.2, -0.15) is 9.97 Å². The zero-order valence-electron chi connectivity index (χ0n) is 24.4. The Morgan fingerprint density at radius 2 is 1.88 bits per heavy atom. The van der Waals surface area contributed by atoms with Gasteiger partial charge >= 0.3 is 6.01 Å². The van der Waals surface area contributed by atoms with Gasteiger partial charge in [-0.05, 0) is 93.8 Å². The van der Waals surface area contributed by atoms with Gasteiger partial charge in [-0.3, -0.25) is 9.80 Å². The number of fused-ring (bicyclic) bond motifs is 6. The lowest BCUT2D eigenvalue weighted by atomic mass is 9.71. The molecule has 4 aliphatic heterocycles. The molecule has 4 fully saturated rings. The molecular weight excluding hydrogens is 496 g/mol. The van der Waals surface area contributed by atoms with Crippen molar-refractivity contribution in [2.24, 2.45) is 23.5 Å². The topological polar surface area (TPSA) is 70.8 Å². The maximum Gasteiger partial charge on any atom is 0.318 e. The number of aryl methyl sites for hydroxylation is 1. The van der Waals surface area contributed by atoms with Crippen LogP contribution in [0.15, 0.2) is 24.3 Å². The van der Waals surface area contributed by atoms with E-state index in [1.165, 1.54) is 86.8 Å². The monoisotopic (exact) mass is 542 g/mol. The lowest BCUT2D eigenvalue weighted by Crippen LogP contribution is -2.52. The second-order valence-electron chi connectivity index (χ2n) is 14.3. The number of hydrogen-bond acceptors (Lipinski definition) is 7. The van der Waals surface area contributed by atoms with E-state index in [0.29, 0.717) is 30.5 Å². The van der Waals surface area contributed by atoms with Crippen LogP contribution >= 0.6 is 0 Å². The fourth-order valence-corrected chi connectivity index (χ4v) is 9.87. The number of benzene rings is 1. The van der Waals surface area contributed by atoms with E-state index in [1.54, 1.807) is 0 Å². The zero-order valence-corrected chi connectivity index (χ0v) is 24.4. The van der Waals surface area contributed by atoms with Crippen LogP contribution in [0.1, 0.15) is 74.3 Å². The number of piperidine rings is 1. The summed E-state index contributed by atoms with van der Waals surface area (Å²) in [7, 11) is 2.32. The van der Waals surface area contributed by atoms with Crippen LogP contribution < -0.4 is 15.4 Å². The Kier molecular flexibility index (Phi) is 5.99. The predicted molar refractivity (Wildman–Crippen MR) is 157 cm³/mol. The summed E-state index contributed by atoms with van der Waals surface area (Å²) in [4.78, 5) is 18.3. The van der Waals surface area contributed by atoms with E-state index in [0.717, 1.165) is 37.8 Å². The summed E-state index contributed by atoms with van der Waals surface area (Å²) in [5.74, 6) is 2.99. The van der Waals surface area contributed by atoms with Crippen molar-refractivity contribution in [2.45, 2.75) is 88.4 Å². The van der Waals surface area contributed by atoms with Gasteiger partial charge in [0.1, 0.15) is 12.4 Å². The summed E-state index contributed by atoms with van der Waals surface area (Å²) in [6.07, 6.45) is 10.7. The van der Waals surface area contributed by atoms with Gasteiger partial charge in [0.15, 0.2) is 0 Å². The van der Waals surface area contributed by atoms with Crippen molar-refractivity contribution in [2.75, 3.05) is 44.7 Å². The molecule has 214 valence electrons. The molecule has 6 atom stereocenters. The van der Waals surface area contributed by atoms with Gasteiger partial charge in [0.2, 0.25) is 0 Å². The highest BCUT2D eigenvalue weighted by molar-refractivity contribution is 5.54. The lowest BCUT2D eigenvalue weighted by molar-refractivity contribution is 0.0713. The third-order valence-corrected chi connectivity index (χ3v) is 11.9. The number of nitrogens with two attached hydrogens (primary N) is 1. The predicted octanol–water partition coefficient (Wildman–Crippen LogP) is 4.12. The number of rotatable bonds is 4. The summed E-state index contributed by atoms with van der Waals surface area (Å²) in [5, 5.41) is 0. The number of likely N-dealkylation sites (N-methyl/N-ethyl adjacent to an activating group) is 1. The van der Waals surface area contributed by atoms with E-state index in [9.17, 15) is 0 Å². The lowest BCUT2D eigenvalue weighted by Gasteiger charge is -2.49. The Balaban J connectivity index is 1.17. The van der Waals surface area contributed by atoms with Crippen LogP contribution in [-0.4, -0.2) is 71.2 Å². The van der Waals surface area contributed by atoms with Crippen molar-refractivity contribution in [3.63, 3.8) is 0 Å². The van der Waals surface area contributed by atoms with Crippen LogP contribution in [-0.2, 0) is 24.9 Å². The van der Waals surface area contributed by atoms with Crippen molar-refractivity contribution < 1.29 is 4.74 Å². The molecule has 2 aliphatic carbocycles. The van der Waals surface area contributed by atoms with E-state index in [-0.39, 0.29) is 11.1 Å². The normalized spacial score (nSPS) is 37.0. The molecule has 0 amide bonds. The molecule has 6 aliphatic rings. The summed E-state index contributed by atoms with van der Waals surface area (Å²) in [6, 6.07) is 10.1. The number of aromatic nitrogens is 2. The van der Waals surface area contributed by atoms with E-state index in [4.69, 9.17) is 20.4 Å². The van der Waals surface area contributed by atoms with E-state index in [1.807, 2.05) is 0 Å². The van der Waals surface area contributed by atoms with Gasteiger partial charge < -0.3 is 15.4 Å². The molecule has 1 saturated carbocycles. The molecule has 7 heteroatoms. The Morgan fingerprint density at radius 1 is 1.05 bits per heavy atom. The SMILES string of the molecule is C[C@H]1CN2CCC[C@@]2(COc2nc3c(c(N4C[C@H]5CC[C@@H](C4)[C@@H]5N)n2)CN(C)[C@@]2(CCCc4ccccc42)C3)C1. The molecule has 2 bridgehead atoms. The largest absolute Gasteiger partial charge is 0.461 e. The fraction of sp³-hybridized carbons (Fsp3) is 0.697. The smallest absolute Gasteiger partial charge is 0.318 e. The second-order valence-corrected chi connectivity index (χ2v) is 14.3. The van der Waals surface area contributed by atoms with E-state index >= 15 is 0 Å². The average molecular weight is 543 g/mol. The fourth-order valence-electron chi connectivity index (χ4n) is 9.87. The minimum absolute atomic E-state index is 0.00413. The molecule has 40 heavy (non-hydrogen) atoms. The van der Waals surface area contributed by atoms with E-state index in [2.05, 4.69) is 52.9 Å². The highest BCUT2D eigenvalue weighted by Gasteiger charge is 2.49. The zero-order chi connectivity index (χ0) is 27.1.